The van der Waals surface area contributed by atoms with Crippen molar-refractivity contribution in [3.8, 4) is 0 Å². The van der Waals surface area contributed by atoms with E-state index in [1.807, 2.05) is 13.0 Å². The molecular weight excluding hydrogens is 280 g/mol. The molecule has 116 valence electrons. The predicted molar refractivity (Wildman–Crippen MR) is 82.7 cm³/mol. The minimum atomic E-state index is -0.0571. The minimum Gasteiger partial charge on any atom is -0.349 e. The van der Waals surface area contributed by atoms with Crippen molar-refractivity contribution in [3.05, 3.63) is 35.9 Å². The first-order valence-electron chi connectivity index (χ1n) is 7.46. The number of hydrogen-bond donors (Lipinski definition) is 1. The number of amides is 1. The third kappa shape index (κ3) is 3.24. The third-order valence-corrected chi connectivity index (χ3v) is 3.86. The molecule has 0 radical (unpaired) electrons. The van der Waals surface area contributed by atoms with E-state index in [0.717, 1.165) is 37.6 Å². The zero-order valence-corrected chi connectivity index (χ0v) is 12.9. The number of carbonyl (C=O) groups is 1. The van der Waals surface area contributed by atoms with Gasteiger partial charge >= 0.3 is 0 Å². The molecule has 0 spiro atoms. The van der Waals surface area contributed by atoms with Crippen LogP contribution in [0.2, 0.25) is 0 Å². The molecule has 0 unspecified atom stereocenters. The first-order chi connectivity index (χ1) is 10.6. The molecule has 1 N–H and O–H groups in total. The Hall–Kier alpha value is -2.44. The summed E-state index contributed by atoms with van der Waals surface area (Å²) in [5, 5.41) is 7.09. The monoisotopic (exact) mass is 300 g/mol. The summed E-state index contributed by atoms with van der Waals surface area (Å²) in [5.74, 6) is 0.718. The number of piperidine rings is 1. The van der Waals surface area contributed by atoms with Crippen LogP contribution in [0.15, 0.2) is 24.7 Å². The van der Waals surface area contributed by atoms with E-state index in [9.17, 15) is 4.79 Å². The second-order valence-corrected chi connectivity index (χ2v) is 5.64. The van der Waals surface area contributed by atoms with E-state index < -0.39 is 0 Å². The Morgan fingerprint density at radius 3 is 2.77 bits per heavy atom. The van der Waals surface area contributed by atoms with Gasteiger partial charge < -0.3 is 10.2 Å². The first kappa shape index (κ1) is 14.5. The highest BCUT2D eigenvalue weighted by molar-refractivity contribution is 5.93. The SMILES string of the molecule is Cc1ccnc(N2CCC(NC(=O)c3cnn(C)c3)CC2)n1. The summed E-state index contributed by atoms with van der Waals surface area (Å²) in [4.78, 5) is 23.1. The average Bonchev–Trinajstić information content (AvgIpc) is 2.95. The van der Waals surface area contributed by atoms with Gasteiger partial charge in [-0.3, -0.25) is 9.48 Å². The third-order valence-electron chi connectivity index (χ3n) is 3.86. The lowest BCUT2D eigenvalue weighted by Crippen LogP contribution is -2.45. The average molecular weight is 300 g/mol. The zero-order valence-electron chi connectivity index (χ0n) is 12.9. The predicted octanol–water partition coefficient (Wildman–Crippen LogP) is 0.917. The van der Waals surface area contributed by atoms with Crippen LogP contribution in [0.5, 0.6) is 0 Å². The maximum absolute atomic E-state index is 12.1. The molecule has 0 atom stereocenters. The van der Waals surface area contributed by atoms with Crippen molar-refractivity contribution in [1.29, 1.82) is 0 Å². The standard InChI is InChI=1S/C15H20N6O/c1-11-3-6-16-15(18-11)21-7-4-13(5-8-21)19-14(22)12-9-17-20(2)10-12/h3,6,9-10,13H,4-5,7-8H2,1-2H3,(H,19,22). The van der Waals surface area contributed by atoms with Crippen LogP contribution in [0.1, 0.15) is 28.9 Å². The van der Waals surface area contributed by atoms with Gasteiger partial charge in [-0.15, -0.1) is 0 Å². The Bertz CT molecular complexity index is 660. The van der Waals surface area contributed by atoms with Gasteiger partial charge in [-0.2, -0.15) is 5.10 Å². The van der Waals surface area contributed by atoms with Crippen molar-refractivity contribution in [3.63, 3.8) is 0 Å². The molecule has 2 aromatic rings. The molecule has 0 saturated carbocycles. The topological polar surface area (TPSA) is 75.9 Å². The quantitative estimate of drug-likeness (QED) is 0.912. The van der Waals surface area contributed by atoms with Crippen LogP contribution >= 0.6 is 0 Å². The fraction of sp³-hybridized carbons (Fsp3) is 0.467. The fourth-order valence-electron chi connectivity index (χ4n) is 2.62. The Balaban J connectivity index is 1.54. The van der Waals surface area contributed by atoms with E-state index >= 15 is 0 Å². The molecule has 3 heterocycles. The number of nitrogens with zero attached hydrogens (tertiary/aromatic N) is 5. The number of aromatic nitrogens is 4. The van der Waals surface area contributed by atoms with E-state index in [2.05, 4.69) is 25.3 Å². The van der Waals surface area contributed by atoms with Crippen LogP contribution in [0.4, 0.5) is 5.95 Å². The Morgan fingerprint density at radius 1 is 1.36 bits per heavy atom. The highest BCUT2D eigenvalue weighted by Crippen LogP contribution is 2.16. The number of hydrogen-bond acceptors (Lipinski definition) is 5. The smallest absolute Gasteiger partial charge is 0.254 e. The van der Waals surface area contributed by atoms with Gasteiger partial charge in [0.05, 0.1) is 11.8 Å². The summed E-state index contributed by atoms with van der Waals surface area (Å²) < 4.78 is 1.63. The Kier molecular flexibility index (Phi) is 4.04. The molecule has 7 nitrogen and oxygen atoms in total. The van der Waals surface area contributed by atoms with Crippen LogP contribution in [-0.2, 0) is 7.05 Å². The molecule has 0 aliphatic carbocycles. The van der Waals surface area contributed by atoms with E-state index in [-0.39, 0.29) is 11.9 Å². The molecule has 7 heteroatoms. The molecule has 1 fully saturated rings. The van der Waals surface area contributed by atoms with Gasteiger partial charge in [0.1, 0.15) is 0 Å². The van der Waals surface area contributed by atoms with Gasteiger partial charge in [0, 0.05) is 44.3 Å². The van der Waals surface area contributed by atoms with Crippen LogP contribution in [-0.4, -0.2) is 44.8 Å². The van der Waals surface area contributed by atoms with Gasteiger partial charge in [0.25, 0.3) is 5.91 Å². The van der Waals surface area contributed by atoms with Crippen molar-refractivity contribution in [1.82, 2.24) is 25.1 Å². The lowest BCUT2D eigenvalue weighted by atomic mass is 10.0. The van der Waals surface area contributed by atoms with Gasteiger partial charge in [0.2, 0.25) is 5.95 Å². The summed E-state index contributed by atoms with van der Waals surface area (Å²) in [5.41, 5.74) is 1.57. The molecule has 1 aliphatic heterocycles. The maximum Gasteiger partial charge on any atom is 0.254 e. The number of aryl methyl sites for hydroxylation is 2. The molecular formula is C15H20N6O. The zero-order chi connectivity index (χ0) is 15.5. The van der Waals surface area contributed by atoms with Crippen molar-refractivity contribution in [2.24, 2.45) is 7.05 Å². The van der Waals surface area contributed by atoms with Crippen LogP contribution in [0.25, 0.3) is 0 Å². The fourth-order valence-corrected chi connectivity index (χ4v) is 2.62. The highest BCUT2D eigenvalue weighted by Gasteiger charge is 2.23. The van der Waals surface area contributed by atoms with Crippen LogP contribution in [0.3, 0.4) is 0 Å². The molecule has 1 amide bonds. The summed E-state index contributed by atoms with van der Waals surface area (Å²) in [6.45, 7) is 3.66. The Morgan fingerprint density at radius 2 is 2.14 bits per heavy atom. The normalized spacial score (nSPS) is 15.8. The number of anilines is 1. The van der Waals surface area contributed by atoms with Crippen molar-refractivity contribution < 1.29 is 4.79 Å². The molecule has 1 saturated heterocycles. The second kappa shape index (κ2) is 6.13. The van der Waals surface area contributed by atoms with Gasteiger partial charge in [-0.25, -0.2) is 9.97 Å². The summed E-state index contributed by atoms with van der Waals surface area (Å²) >= 11 is 0. The summed E-state index contributed by atoms with van der Waals surface area (Å²) in [7, 11) is 1.80. The van der Waals surface area contributed by atoms with Crippen molar-refractivity contribution in [2.45, 2.75) is 25.8 Å². The maximum atomic E-state index is 12.1. The molecule has 1 aliphatic rings. The van der Waals surface area contributed by atoms with Gasteiger partial charge in [-0.1, -0.05) is 0 Å². The number of nitrogens with one attached hydrogen (secondary N) is 1. The van der Waals surface area contributed by atoms with Crippen LogP contribution < -0.4 is 10.2 Å². The second-order valence-electron chi connectivity index (χ2n) is 5.64. The Labute approximate surface area is 129 Å². The van der Waals surface area contributed by atoms with E-state index in [4.69, 9.17) is 0 Å². The largest absolute Gasteiger partial charge is 0.349 e. The van der Waals surface area contributed by atoms with E-state index in [1.54, 1.807) is 30.3 Å². The van der Waals surface area contributed by atoms with Crippen molar-refractivity contribution in [2.75, 3.05) is 18.0 Å². The van der Waals surface area contributed by atoms with E-state index in [1.165, 1.54) is 0 Å². The molecule has 0 bridgehead atoms. The summed E-state index contributed by atoms with van der Waals surface area (Å²) in [6, 6.07) is 2.08. The molecule has 3 rings (SSSR count). The van der Waals surface area contributed by atoms with Gasteiger partial charge in [0.15, 0.2) is 0 Å². The lowest BCUT2D eigenvalue weighted by molar-refractivity contribution is 0.0931. The molecule has 0 aromatic carbocycles. The van der Waals surface area contributed by atoms with E-state index in [0.29, 0.717) is 5.56 Å². The lowest BCUT2D eigenvalue weighted by Gasteiger charge is -2.32. The first-order valence-corrected chi connectivity index (χ1v) is 7.46. The highest BCUT2D eigenvalue weighted by atomic mass is 16.1. The summed E-state index contributed by atoms with van der Waals surface area (Å²) in [6.07, 6.45) is 6.89. The molecule has 22 heavy (non-hydrogen) atoms. The minimum absolute atomic E-state index is 0.0571. The van der Waals surface area contributed by atoms with Crippen molar-refractivity contribution >= 4 is 11.9 Å². The number of rotatable bonds is 3. The van der Waals surface area contributed by atoms with Gasteiger partial charge in [-0.05, 0) is 25.8 Å². The molecule has 2 aromatic heterocycles. The van der Waals surface area contributed by atoms with Crippen LogP contribution in [0, 0.1) is 6.92 Å². The number of carbonyl (C=O) groups excluding carboxylic acids is 1.